The first-order chi connectivity index (χ1) is 12.5. The van der Waals surface area contributed by atoms with Crippen LogP contribution in [0.2, 0.25) is 0 Å². The van der Waals surface area contributed by atoms with Gasteiger partial charge in [0.1, 0.15) is 5.75 Å². The molecule has 2 aromatic rings. The summed E-state index contributed by atoms with van der Waals surface area (Å²) in [6, 6.07) is 8.18. The number of nitrogens with zero attached hydrogens (tertiary/aromatic N) is 2. The second-order valence-corrected chi connectivity index (χ2v) is 6.46. The van der Waals surface area contributed by atoms with Crippen molar-refractivity contribution in [1.82, 2.24) is 15.8 Å². The van der Waals surface area contributed by atoms with Crippen molar-refractivity contribution in [2.75, 3.05) is 6.54 Å². The molecule has 1 aromatic heterocycles. The van der Waals surface area contributed by atoms with E-state index < -0.39 is 0 Å². The molecule has 2 N–H and O–H groups in total. The summed E-state index contributed by atoms with van der Waals surface area (Å²) in [6.07, 6.45) is 0.995. The van der Waals surface area contributed by atoms with Gasteiger partial charge >= 0.3 is 0 Å². The summed E-state index contributed by atoms with van der Waals surface area (Å²) in [4.78, 5) is 4.68. The molecule has 2 rings (SSSR count). The van der Waals surface area contributed by atoms with Crippen LogP contribution in [0.1, 0.15) is 50.3 Å². The lowest BCUT2D eigenvalue weighted by Crippen LogP contribution is -2.36. The van der Waals surface area contributed by atoms with Gasteiger partial charge in [0.15, 0.2) is 11.7 Å². The molecule has 0 aliphatic heterocycles. The van der Waals surface area contributed by atoms with Gasteiger partial charge in [-0.1, -0.05) is 24.2 Å². The fraction of sp³-hybridized carbons (Fsp3) is 0.500. The number of nitrogens with one attached hydrogen (secondary N) is 2. The highest BCUT2D eigenvalue weighted by atomic mass is 16.5. The van der Waals surface area contributed by atoms with E-state index in [9.17, 15) is 0 Å². The highest BCUT2D eigenvalue weighted by Crippen LogP contribution is 2.22. The number of benzene rings is 1. The molecular weight excluding hydrogens is 328 g/mol. The minimum Gasteiger partial charge on any atom is -0.491 e. The summed E-state index contributed by atoms with van der Waals surface area (Å²) in [5.41, 5.74) is 3.20. The van der Waals surface area contributed by atoms with E-state index in [1.807, 2.05) is 26.8 Å². The Morgan fingerprint density at radius 2 is 2.04 bits per heavy atom. The second-order valence-electron chi connectivity index (χ2n) is 6.46. The minimum absolute atomic E-state index is 0.130. The Hall–Kier alpha value is -2.50. The predicted molar refractivity (Wildman–Crippen MR) is 104 cm³/mol. The quantitative estimate of drug-likeness (QED) is 0.557. The molecule has 1 aromatic carbocycles. The van der Waals surface area contributed by atoms with Gasteiger partial charge in [-0.05, 0) is 45.7 Å². The van der Waals surface area contributed by atoms with E-state index in [-0.39, 0.29) is 6.10 Å². The van der Waals surface area contributed by atoms with Crippen LogP contribution in [0.3, 0.4) is 0 Å². The smallest absolute Gasteiger partial charge is 0.191 e. The fourth-order valence-corrected chi connectivity index (χ4v) is 2.44. The lowest BCUT2D eigenvalue weighted by Gasteiger charge is -2.15. The molecule has 0 spiro atoms. The zero-order chi connectivity index (χ0) is 18.9. The topological polar surface area (TPSA) is 71.7 Å². The van der Waals surface area contributed by atoms with Crippen molar-refractivity contribution in [2.45, 2.75) is 60.2 Å². The maximum Gasteiger partial charge on any atom is 0.191 e. The second kappa shape index (κ2) is 9.85. The van der Waals surface area contributed by atoms with Crippen molar-refractivity contribution in [3.8, 4) is 5.75 Å². The third-order valence-electron chi connectivity index (χ3n) is 3.74. The van der Waals surface area contributed by atoms with Gasteiger partial charge in [-0.3, -0.25) is 0 Å². The van der Waals surface area contributed by atoms with Crippen LogP contribution in [0, 0.1) is 6.92 Å². The average Bonchev–Trinajstić information content (AvgIpc) is 3.06. The molecule has 0 saturated heterocycles. The number of hydrogen-bond donors (Lipinski definition) is 2. The molecule has 0 atom stereocenters. The Balaban J connectivity index is 2.06. The van der Waals surface area contributed by atoms with E-state index in [4.69, 9.17) is 9.26 Å². The van der Waals surface area contributed by atoms with E-state index >= 15 is 0 Å². The van der Waals surface area contributed by atoms with Gasteiger partial charge in [0.05, 0.1) is 24.9 Å². The number of aliphatic imine (C=N–C) groups is 1. The van der Waals surface area contributed by atoms with Crippen molar-refractivity contribution in [1.29, 1.82) is 0 Å². The van der Waals surface area contributed by atoms with Crippen LogP contribution in [-0.2, 0) is 19.5 Å². The highest BCUT2D eigenvalue weighted by molar-refractivity contribution is 5.79. The standard InChI is InChI=1S/C20H30N4O2/c1-6-17-11-18(26-24-17)13-23-20(21-7-2)22-12-16-9-8-15(5)10-19(16)25-14(3)4/h8-11,14H,6-7,12-13H2,1-5H3,(H2,21,22,23). The first kappa shape index (κ1) is 19.8. The molecule has 6 nitrogen and oxygen atoms in total. The van der Waals surface area contributed by atoms with Crippen LogP contribution < -0.4 is 15.4 Å². The van der Waals surface area contributed by atoms with E-state index in [2.05, 4.69) is 52.8 Å². The molecule has 0 bridgehead atoms. The maximum absolute atomic E-state index is 5.93. The molecule has 0 aliphatic carbocycles. The van der Waals surface area contributed by atoms with Crippen LogP contribution in [-0.4, -0.2) is 23.8 Å². The maximum atomic E-state index is 5.93. The van der Waals surface area contributed by atoms with Gasteiger partial charge in [0, 0.05) is 18.2 Å². The third kappa shape index (κ3) is 6.10. The van der Waals surface area contributed by atoms with Crippen molar-refractivity contribution in [3.05, 3.63) is 46.8 Å². The molecule has 0 aliphatic rings. The van der Waals surface area contributed by atoms with Crippen LogP contribution in [0.25, 0.3) is 0 Å². The van der Waals surface area contributed by atoms with E-state index in [1.165, 1.54) is 5.56 Å². The normalized spacial score (nSPS) is 11.7. The SMILES string of the molecule is CCNC(=NCc1ccc(C)cc1OC(C)C)NCc1cc(CC)no1. The van der Waals surface area contributed by atoms with Gasteiger partial charge in [0.2, 0.25) is 0 Å². The largest absolute Gasteiger partial charge is 0.491 e. The van der Waals surface area contributed by atoms with Crippen molar-refractivity contribution in [3.63, 3.8) is 0 Å². The Kier molecular flexibility index (Phi) is 7.51. The lowest BCUT2D eigenvalue weighted by molar-refractivity contribution is 0.240. The predicted octanol–water partition coefficient (Wildman–Crippen LogP) is 3.59. The van der Waals surface area contributed by atoms with E-state index in [0.717, 1.165) is 41.7 Å². The summed E-state index contributed by atoms with van der Waals surface area (Å²) >= 11 is 0. The number of ether oxygens (including phenoxy) is 1. The molecule has 142 valence electrons. The number of guanidine groups is 1. The Morgan fingerprint density at radius 1 is 1.23 bits per heavy atom. The molecule has 1 heterocycles. The summed E-state index contributed by atoms with van der Waals surface area (Å²) < 4.78 is 11.2. The van der Waals surface area contributed by atoms with E-state index in [1.54, 1.807) is 0 Å². The van der Waals surface area contributed by atoms with Gasteiger partial charge in [-0.25, -0.2) is 4.99 Å². The summed E-state index contributed by atoms with van der Waals surface area (Å²) in [7, 11) is 0. The molecule has 26 heavy (non-hydrogen) atoms. The Morgan fingerprint density at radius 3 is 2.69 bits per heavy atom. The Bertz CT molecular complexity index is 722. The number of hydrogen-bond acceptors (Lipinski definition) is 4. The van der Waals surface area contributed by atoms with Crippen molar-refractivity contribution < 1.29 is 9.26 Å². The first-order valence-electron chi connectivity index (χ1n) is 9.24. The zero-order valence-electron chi connectivity index (χ0n) is 16.4. The zero-order valence-corrected chi connectivity index (χ0v) is 16.4. The number of aromatic nitrogens is 1. The fourth-order valence-electron chi connectivity index (χ4n) is 2.44. The van der Waals surface area contributed by atoms with Crippen LogP contribution in [0.4, 0.5) is 0 Å². The molecule has 0 unspecified atom stereocenters. The van der Waals surface area contributed by atoms with E-state index in [0.29, 0.717) is 13.1 Å². The van der Waals surface area contributed by atoms with Crippen LogP contribution >= 0.6 is 0 Å². The molecule has 0 fully saturated rings. The molecule has 0 radical (unpaired) electrons. The monoisotopic (exact) mass is 358 g/mol. The van der Waals surface area contributed by atoms with Crippen molar-refractivity contribution >= 4 is 5.96 Å². The molecular formula is C20H30N4O2. The molecule has 0 saturated carbocycles. The van der Waals surface area contributed by atoms with Gasteiger partial charge in [-0.15, -0.1) is 0 Å². The molecule has 6 heteroatoms. The van der Waals surface area contributed by atoms with Crippen LogP contribution in [0.5, 0.6) is 5.75 Å². The minimum atomic E-state index is 0.130. The van der Waals surface area contributed by atoms with Gasteiger partial charge in [0.25, 0.3) is 0 Å². The van der Waals surface area contributed by atoms with Gasteiger partial charge < -0.3 is 19.9 Å². The first-order valence-corrected chi connectivity index (χ1v) is 9.24. The average molecular weight is 358 g/mol. The summed E-state index contributed by atoms with van der Waals surface area (Å²) in [5, 5.41) is 10.5. The third-order valence-corrected chi connectivity index (χ3v) is 3.74. The number of rotatable bonds is 8. The molecule has 0 amide bonds. The lowest BCUT2D eigenvalue weighted by atomic mass is 10.1. The Labute approximate surface area is 156 Å². The summed E-state index contributed by atoms with van der Waals surface area (Å²) in [6.45, 7) is 12.1. The van der Waals surface area contributed by atoms with Crippen molar-refractivity contribution in [2.24, 2.45) is 4.99 Å². The van der Waals surface area contributed by atoms with Gasteiger partial charge in [-0.2, -0.15) is 0 Å². The number of aryl methyl sites for hydroxylation is 2. The highest BCUT2D eigenvalue weighted by Gasteiger charge is 2.08. The summed E-state index contributed by atoms with van der Waals surface area (Å²) in [5.74, 6) is 2.42. The van der Waals surface area contributed by atoms with Crippen LogP contribution in [0.15, 0.2) is 33.8 Å².